The van der Waals surface area contributed by atoms with Crippen molar-refractivity contribution in [1.82, 2.24) is 9.55 Å². The molecular formula is C18H22ClFN4O3S. The van der Waals surface area contributed by atoms with Crippen LogP contribution in [0, 0.1) is 5.82 Å². The smallest absolute Gasteiger partial charge is 0.330 e. The van der Waals surface area contributed by atoms with Crippen LogP contribution < -0.4 is 21.9 Å². The van der Waals surface area contributed by atoms with Crippen LogP contribution in [-0.4, -0.2) is 27.8 Å². The van der Waals surface area contributed by atoms with Gasteiger partial charge >= 0.3 is 5.69 Å². The number of benzene rings is 1. The molecule has 1 aromatic heterocycles. The second-order valence-corrected chi connectivity index (χ2v) is 7.46. The monoisotopic (exact) mass is 428 g/mol. The highest BCUT2D eigenvalue weighted by Gasteiger charge is 2.23. The molecule has 28 heavy (non-hydrogen) atoms. The lowest BCUT2D eigenvalue weighted by Gasteiger charge is -2.23. The number of aromatic amines is 1. The second-order valence-electron chi connectivity index (χ2n) is 6.00. The van der Waals surface area contributed by atoms with E-state index in [1.165, 1.54) is 27.7 Å². The van der Waals surface area contributed by atoms with E-state index in [9.17, 15) is 18.8 Å². The van der Waals surface area contributed by atoms with E-state index in [2.05, 4.69) is 4.98 Å². The van der Waals surface area contributed by atoms with Crippen molar-refractivity contribution in [3.05, 3.63) is 49.9 Å². The Bertz CT molecular complexity index is 976. The van der Waals surface area contributed by atoms with Crippen LogP contribution >= 0.6 is 23.4 Å². The normalized spacial score (nSPS) is 10.9. The van der Waals surface area contributed by atoms with Crippen molar-refractivity contribution in [1.29, 1.82) is 0 Å². The van der Waals surface area contributed by atoms with Gasteiger partial charge in [-0.2, -0.15) is 0 Å². The summed E-state index contributed by atoms with van der Waals surface area (Å²) < 4.78 is 14.5. The first kappa shape index (κ1) is 22.0. The number of hydrogen-bond donors (Lipinski definition) is 2. The van der Waals surface area contributed by atoms with Gasteiger partial charge in [0, 0.05) is 18.0 Å². The topological polar surface area (TPSA) is 101 Å². The number of nitrogens with one attached hydrogen (secondary N) is 1. The lowest BCUT2D eigenvalue weighted by atomic mass is 10.3. The van der Waals surface area contributed by atoms with Crippen LogP contribution in [0.4, 0.5) is 15.9 Å². The lowest BCUT2D eigenvalue weighted by Crippen LogP contribution is -2.41. The lowest BCUT2D eigenvalue weighted by molar-refractivity contribution is -0.116. The zero-order valence-electron chi connectivity index (χ0n) is 15.6. The summed E-state index contributed by atoms with van der Waals surface area (Å²) in [5, 5.41) is -0.0338. The maximum atomic E-state index is 13.3. The summed E-state index contributed by atoms with van der Waals surface area (Å²) in [6, 6.07) is 4.16. The van der Waals surface area contributed by atoms with Gasteiger partial charge in [-0.3, -0.25) is 19.1 Å². The van der Waals surface area contributed by atoms with Gasteiger partial charge in [0.15, 0.2) is 5.69 Å². The summed E-state index contributed by atoms with van der Waals surface area (Å²) in [6.45, 7) is 4.22. The number of nitrogen functional groups attached to an aromatic ring is 1. The molecule has 0 aliphatic heterocycles. The first-order valence-electron chi connectivity index (χ1n) is 8.80. The standard InChI is InChI=1S/C18H22ClFN4O3S/c1-3-5-8-24-16(21)15(17(26)22-18(24)27)23(4-2)14(25)10-28-11-6-7-13(20)12(19)9-11/h6-7,9H,3-5,8,10,21H2,1-2H3,(H,22,26,27). The van der Waals surface area contributed by atoms with Crippen LogP contribution in [0.2, 0.25) is 5.02 Å². The summed E-state index contributed by atoms with van der Waals surface area (Å²) in [4.78, 5) is 41.2. The number of thioether (sulfide) groups is 1. The maximum Gasteiger partial charge on any atom is 0.330 e. The molecule has 0 atom stereocenters. The van der Waals surface area contributed by atoms with E-state index in [0.29, 0.717) is 17.9 Å². The Balaban J connectivity index is 2.28. The number of amides is 1. The molecule has 0 saturated carbocycles. The summed E-state index contributed by atoms with van der Waals surface area (Å²) in [5.41, 5.74) is 4.72. The first-order chi connectivity index (χ1) is 13.3. The van der Waals surface area contributed by atoms with E-state index >= 15 is 0 Å². The zero-order chi connectivity index (χ0) is 20.8. The van der Waals surface area contributed by atoms with Crippen molar-refractivity contribution in [2.45, 2.75) is 38.1 Å². The van der Waals surface area contributed by atoms with Gasteiger partial charge in [0.05, 0.1) is 10.8 Å². The fraction of sp³-hybridized carbons (Fsp3) is 0.389. The van der Waals surface area contributed by atoms with Gasteiger partial charge < -0.3 is 10.6 Å². The first-order valence-corrected chi connectivity index (χ1v) is 10.2. The highest BCUT2D eigenvalue weighted by molar-refractivity contribution is 8.00. The van der Waals surface area contributed by atoms with E-state index in [1.807, 2.05) is 6.92 Å². The molecule has 1 amide bonds. The van der Waals surface area contributed by atoms with Crippen molar-refractivity contribution in [3.63, 3.8) is 0 Å². The van der Waals surface area contributed by atoms with Crippen molar-refractivity contribution in [2.24, 2.45) is 0 Å². The van der Waals surface area contributed by atoms with E-state index in [0.717, 1.165) is 18.2 Å². The molecule has 0 radical (unpaired) electrons. The molecule has 0 aliphatic rings. The number of carbonyl (C=O) groups is 1. The minimum atomic E-state index is -0.708. The van der Waals surface area contributed by atoms with Gasteiger partial charge in [0.1, 0.15) is 11.6 Å². The Morgan fingerprint density at radius 2 is 2.07 bits per heavy atom. The second kappa shape index (κ2) is 9.79. The number of nitrogens with two attached hydrogens (primary N) is 1. The minimum absolute atomic E-state index is 0.0111. The van der Waals surface area contributed by atoms with Gasteiger partial charge in [0.2, 0.25) is 5.91 Å². The van der Waals surface area contributed by atoms with Crippen molar-refractivity contribution < 1.29 is 9.18 Å². The van der Waals surface area contributed by atoms with Crippen molar-refractivity contribution in [3.8, 4) is 0 Å². The number of unbranched alkanes of at least 4 members (excludes halogenated alkanes) is 1. The van der Waals surface area contributed by atoms with Crippen molar-refractivity contribution >= 4 is 40.8 Å². The fourth-order valence-corrected chi connectivity index (χ4v) is 3.68. The summed E-state index contributed by atoms with van der Waals surface area (Å²) in [7, 11) is 0. The van der Waals surface area contributed by atoms with E-state index in [-0.39, 0.29) is 34.7 Å². The molecule has 1 aromatic carbocycles. The number of rotatable bonds is 8. The molecule has 0 fully saturated rings. The van der Waals surface area contributed by atoms with Gasteiger partial charge in [-0.1, -0.05) is 24.9 Å². The molecule has 3 N–H and O–H groups in total. The van der Waals surface area contributed by atoms with Crippen LogP contribution in [0.1, 0.15) is 26.7 Å². The third-order valence-corrected chi connectivity index (χ3v) is 5.36. The molecule has 2 rings (SSSR count). The largest absolute Gasteiger partial charge is 0.383 e. The van der Waals surface area contributed by atoms with E-state index in [1.54, 1.807) is 6.92 Å². The van der Waals surface area contributed by atoms with E-state index < -0.39 is 17.1 Å². The van der Waals surface area contributed by atoms with Gasteiger partial charge in [-0.25, -0.2) is 9.18 Å². The highest BCUT2D eigenvalue weighted by Crippen LogP contribution is 2.25. The summed E-state index contributed by atoms with van der Waals surface area (Å²) >= 11 is 6.91. The Labute approximate surface area is 170 Å². The Hall–Kier alpha value is -2.26. The molecule has 2 aromatic rings. The Morgan fingerprint density at radius 3 is 2.68 bits per heavy atom. The molecule has 10 heteroatoms. The number of anilines is 2. The number of nitrogens with zero attached hydrogens (tertiary/aromatic N) is 2. The average molecular weight is 429 g/mol. The molecule has 0 aliphatic carbocycles. The Kier molecular flexibility index (Phi) is 7.70. The van der Waals surface area contributed by atoms with E-state index in [4.69, 9.17) is 17.3 Å². The minimum Gasteiger partial charge on any atom is -0.383 e. The number of H-pyrrole nitrogens is 1. The molecule has 0 bridgehead atoms. The van der Waals surface area contributed by atoms with Crippen LogP contribution in [0.25, 0.3) is 0 Å². The molecule has 0 unspecified atom stereocenters. The van der Waals surface area contributed by atoms with Crippen LogP contribution in [0.15, 0.2) is 32.7 Å². The molecular weight excluding hydrogens is 407 g/mol. The van der Waals surface area contributed by atoms with Crippen molar-refractivity contribution in [2.75, 3.05) is 22.9 Å². The van der Waals surface area contributed by atoms with Crippen LogP contribution in [0.5, 0.6) is 0 Å². The van der Waals surface area contributed by atoms with Crippen LogP contribution in [0.3, 0.4) is 0 Å². The predicted octanol–water partition coefficient (Wildman–Crippen LogP) is 2.86. The third kappa shape index (κ3) is 4.96. The SMILES string of the molecule is CCCCn1c(N)c(N(CC)C(=O)CSc2ccc(F)c(Cl)c2)c(=O)[nH]c1=O. The quantitative estimate of drug-likeness (QED) is 0.629. The number of halogens is 2. The average Bonchev–Trinajstić information content (AvgIpc) is 2.65. The zero-order valence-corrected chi connectivity index (χ0v) is 17.2. The highest BCUT2D eigenvalue weighted by atomic mass is 35.5. The number of aromatic nitrogens is 2. The number of hydrogen-bond acceptors (Lipinski definition) is 5. The Morgan fingerprint density at radius 1 is 1.36 bits per heavy atom. The molecule has 7 nitrogen and oxygen atoms in total. The molecule has 152 valence electrons. The third-order valence-electron chi connectivity index (χ3n) is 4.09. The maximum absolute atomic E-state index is 13.3. The fourth-order valence-electron chi connectivity index (χ4n) is 2.63. The summed E-state index contributed by atoms with van der Waals surface area (Å²) in [5.74, 6) is -0.956. The van der Waals surface area contributed by atoms with Crippen LogP contribution in [-0.2, 0) is 11.3 Å². The molecule has 0 spiro atoms. The van der Waals surface area contributed by atoms with Gasteiger partial charge in [0.25, 0.3) is 5.56 Å². The summed E-state index contributed by atoms with van der Waals surface area (Å²) in [6.07, 6.45) is 1.55. The molecule has 1 heterocycles. The number of carbonyl (C=O) groups excluding carboxylic acids is 1. The van der Waals surface area contributed by atoms with Gasteiger partial charge in [-0.05, 0) is 31.5 Å². The predicted molar refractivity (Wildman–Crippen MR) is 111 cm³/mol. The molecule has 0 saturated heterocycles. The van der Waals surface area contributed by atoms with Gasteiger partial charge in [-0.15, -0.1) is 11.8 Å².